The van der Waals surface area contributed by atoms with E-state index >= 15 is 0 Å². The topological polar surface area (TPSA) is 59.1 Å². The molecule has 106 valence electrons. The molecule has 1 N–H and O–H groups in total. The first-order chi connectivity index (χ1) is 8.97. The van der Waals surface area contributed by atoms with Crippen molar-refractivity contribution in [2.24, 2.45) is 17.8 Å². The number of aryl methyl sites for hydroxylation is 2. The summed E-state index contributed by atoms with van der Waals surface area (Å²) in [5.74, 6) is 2.21. The maximum atomic E-state index is 12.3. The molecule has 19 heavy (non-hydrogen) atoms. The second-order valence-corrected chi connectivity index (χ2v) is 8.97. The second kappa shape index (κ2) is 4.82. The van der Waals surface area contributed by atoms with E-state index in [2.05, 4.69) is 9.71 Å². The molecule has 0 saturated heterocycles. The second-order valence-electron chi connectivity index (χ2n) is 5.81. The fourth-order valence-electron chi connectivity index (χ4n) is 3.33. The van der Waals surface area contributed by atoms with Gasteiger partial charge in [0.25, 0.3) is 10.0 Å². The minimum Gasteiger partial charge on any atom is -0.245 e. The van der Waals surface area contributed by atoms with E-state index < -0.39 is 10.0 Å². The molecule has 2 aliphatic rings. The van der Waals surface area contributed by atoms with Gasteiger partial charge in [-0.3, -0.25) is 0 Å². The van der Waals surface area contributed by atoms with E-state index in [-0.39, 0.29) is 0 Å². The van der Waals surface area contributed by atoms with Gasteiger partial charge in [0.1, 0.15) is 0 Å². The predicted molar refractivity (Wildman–Crippen MR) is 75.7 cm³/mol. The van der Waals surface area contributed by atoms with Crippen molar-refractivity contribution in [2.45, 2.75) is 43.7 Å². The minimum atomic E-state index is -3.37. The molecule has 4 nitrogen and oxygen atoms in total. The third kappa shape index (κ3) is 2.71. The number of nitrogens with zero attached hydrogens (tertiary/aromatic N) is 1. The van der Waals surface area contributed by atoms with Gasteiger partial charge in [0, 0.05) is 6.54 Å². The zero-order chi connectivity index (χ0) is 13.6. The monoisotopic (exact) mass is 300 g/mol. The first-order valence-electron chi connectivity index (χ1n) is 6.91. The molecule has 0 aliphatic heterocycles. The molecule has 3 atom stereocenters. The van der Waals surface area contributed by atoms with Crippen LogP contribution in [0.4, 0.5) is 0 Å². The Bertz CT molecular complexity index is 579. The summed E-state index contributed by atoms with van der Waals surface area (Å²) in [5, 5.41) is 0.804. The Morgan fingerprint density at radius 2 is 2.16 bits per heavy atom. The Kier molecular flexibility index (Phi) is 3.43. The highest BCUT2D eigenvalue weighted by molar-refractivity contribution is 7.91. The number of nitrogens with one attached hydrogen (secondary N) is 1. The third-order valence-corrected chi connectivity index (χ3v) is 7.48. The molecule has 1 heterocycles. The van der Waals surface area contributed by atoms with Gasteiger partial charge in [-0.15, -0.1) is 11.3 Å². The third-order valence-electron chi connectivity index (χ3n) is 4.37. The van der Waals surface area contributed by atoms with Gasteiger partial charge in [0.2, 0.25) is 0 Å². The van der Waals surface area contributed by atoms with Gasteiger partial charge < -0.3 is 0 Å². The molecule has 6 heteroatoms. The summed E-state index contributed by atoms with van der Waals surface area (Å²) in [6.45, 7) is 4.20. The van der Waals surface area contributed by atoms with Crippen molar-refractivity contribution in [1.82, 2.24) is 9.71 Å². The van der Waals surface area contributed by atoms with Crippen molar-refractivity contribution in [3.05, 3.63) is 10.7 Å². The van der Waals surface area contributed by atoms with Crippen molar-refractivity contribution in [2.75, 3.05) is 6.54 Å². The van der Waals surface area contributed by atoms with Gasteiger partial charge in [-0.25, -0.2) is 18.1 Å². The van der Waals surface area contributed by atoms with Gasteiger partial charge in [-0.05, 0) is 44.4 Å². The average molecular weight is 300 g/mol. The molecule has 2 saturated carbocycles. The molecule has 1 aromatic heterocycles. The predicted octanol–water partition coefficient (Wildman–Crippen LogP) is 2.47. The summed E-state index contributed by atoms with van der Waals surface area (Å²) in [6.07, 6.45) is 5.09. The highest BCUT2D eigenvalue weighted by Crippen LogP contribution is 2.52. The zero-order valence-corrected chi connectivity index (χ0v) is 13.0. The summed E-state index contributed by atoms with van der Waals surface area (Å²) in [4.78, 5) is 4.19. The van der Waals surface area contributed by atoms with E-state index in [0.29, 0.717) is 22.4 Å². The zero-order valence-electron chi connectivity index (χ0n) is 11.3. The van der Waals surface area contributed by atoms with Gasteiger partial charge in [-0.2, -0.15) is 0 Å². The van der Waals surface area contributed by atoms with Crippen LogP contribution in [0.3, 0.4) is 0 Å². The SMILES string of the molecule is Cc1nc(C)c(S(=O)(=O)NCC2CCCC3CC23)s1. The summed E-state index contributed by atoms with van der Waals surface area (Å²) in [5.41, 5.74) is 0.614. The van der Waals surface area contributed by atoms with E-state index in [4.69, 9.17) is 0 Å². The van der Waals surface area contributed by atoms with Crippen LogP contribution < -0.4 is 4.72 Å². The Morgan fingerprint density at radius 3 is 2.84 bits per heavy atom. The molecule has 3 rings (SSSR count). The Hall–Kier alpha value is -0.460. The van der Waals surface area contributed by atoms with Crippen LogP contribution >= 0.6 is 11.3 Å². The lowest BCUT2D eigenvalue weighted by Crippen LogP contribution is -2.31. The van der Waals surface area contributed by atoms with Crippen LogP contribution in [-0.2, 0) is 10.0 Å². The lowest BCUT2D eigenvalue weighted by Gasteiger charge is -2.21. The van der Waals surface area contributed by atoms with Gasteiger partial charge in [0.15, 0.2) is 4.21 Å². The van der Waals surface area contributed by atoms with Crippen LogP contribution in [0.25, 0.3) is 0 Å². The fourth-order valence-corrected chi connectivity index (χ4v) is 5.96. The van der Waals surface area contributed by atoms with Crippen LogP contribution in [0.1, 0.15) is 36.4 Å². The molecule has 2 fully saturated rings. The van der Waals surface area contributed by atoms with E-state index in [1.54, 1.807) is 6.92 Å². The number of fused-ring (bicyclic) bond motifs is 1. The number of hydrogen-bond donors (Lipinski definition) is 1. The smallest absolute Gasteiger partial charge is 0.245 e. The minimum absolute atomic E-state index is 0.383. The quantitative estimate of drug-likeness (QED) is 0.929. The molecule has 1 aromatic rings. The number of rotatable bonds is 4. The summed E-state index contributed by atoms with van der Waals surface area (Å²) >= 11 is 1.26. The molecule has 2 aliphatic carbocycles. The number of sulfonamides is 1. The molecule has 3 unspecified atom stereocenters. The number of thiazole rings is 1. The van der Waals surface area contributed by atoms with E-state index in [9.17, 15) is 8.42 Å². The first-order valence-corrected chi connectivity index (χ1v) is 9.21. The van der Waals surface area contributed by atoms with Crippen LogP contribution in [0.2, 0.25) is 0 Å². The Balaban J connectivity index is 1.67. The molecule has 0 amide bonds. The van der Waals surface area contributed by atoms with Crippen molar-refractivity contribution in [3.63, 3.8) is 0 Å². The molecular weight excluding hydrogens is 280 g/mol. The number of aromatic nitrogens is 1. The van der Waals surface area contributed by atoms with Crippen LogP contribution in [0.15, 0.2) is 4.21 Å². The van der Waals surface area contributed by atoms with Gasteiger partial charge >= 0.3 is 0 Å². The van der Waals surface area contributed by atoms with Crippen LogP contribution in [0, 0.1) is 31.6 Å². The van der Waals surface area contributed by atoms with Crippen molar-refractivity contribution in [1.29, 1.82) is 0 Å². The molecule has 0 spiro atoms. The summed E-state index contributed by atoms with van der Waals surface area (Å²) in [7, 11) is -3.37. The van der Waals surface area contributed by atoms with E-state index in [1.807, 2.05) is 6.92 Å². The molecule has 0 aromatic carbocycles. The lowest BCUT2D eigenvalue weighted by molar-refractivity contribution is 0.335. The highest BCUT2D eigenvalue weighted by atomic mass is 32.2. The standard InChI is InChI=1S/C13H20N2O2S2/c1-8-13(18-9(2)15-8)19(16,17)14-7-11-5-3-4-10-6-12(10)11/h10-12,14H,3-7H2,1-2H3. The van der Waals surface area contributed by atoms with Crippen molar-refractivity contribution >= 4 is 21.4 Å². The van der Waals surface area contributed by atoms with E-state index in [1.165, 1.54) is 37.0 Å². The maximum absolute atomic E-state index is 12.3. The molecule has 0 bridgehead atoms. The Labute approximate surface area is 118 Å². The Morgan fingerprint density at radius 1 is 1.37 bits per heavy atom. The maximum Gasteiger partial charge on any atom is 0.251 e. The molecule has 0 radical (unpaired) electrons. The first kappa shape index (κ1) is 13.5. The largest absolute Gasteiger partial charge is 0.251 e. The molecular formula is C13H20N2O2S2. The van der Waals surface area contributed by atoms with Gasteiger partial charge in [0.05, 0.1) is 10.7 Å². The lowest BCUT2D eigenvalue weighted by atomic mass is 9.89. The van der Waals surface area contributed by atoms with Crippen LogP contribution in [-0.4, -0.2) is 19.9 Å². The van der Waals surface area contributed by atoms with E-state index in [0.717, 1.165) is 16.8 Å². The summed E-state index contributed by atoms with van der Waals surface area (Å²) in [6, 6.07) is 0. The van der Waals surface area contributed by atoms with Crippen molar-refractivity contribution in [3.8, 4) is 0 Å². The van der Waals surface area contributed by atoms with Crippen LogP contribution in [0.5, 0.6) is 0 Å². The van der Waals surface area contributed by atoms with Crippen molar-refractivity contribution < 1.29 is 8.42 Å². The summed E-state index contributed by atoms with van der Waals surface area (Å²) < 4.78 is 27.8. The van der Waals surface area contributed by atoms with Gasteiger partial charge in [-0.1, -0.05) is 12.8 Å². The fraction of sp³-hybridized carbons (Fsp3) is 0.769. The highest BCUT2D eigenvalue weighted by Gasteiger charge is 2.45. The average Bonchev–Trinajstić information content (AvgIpc) is 3.05. The number of hydrogen-bond acceptors (Lipinski definition) is 4. The normalized spacial score (nSPS) is 30.1.